The molecule has 3 N–H and O–H groups in total. The van der Waals surface area contributed by atoms with Crippen LogP contribution in [-0.4, -0.2) is 34.9 Å². The Morgan fingerprint density at radius 2 is 1.73 bits per heavy atom. The summed E-state index contributed by atoms with van der Waals surface area (Å²) in [5.74, 6) is 1.72. The van der Waals surface area contributed by atoms with Gasteiger partial charge in [0.1, 0.15) is 11.6 Å². The van der Waals surface area contributed by atoms with Gasteiger partial charge in [-0.1, -0.05) is 0 Å². The smallest absolute Gasteiger partial charge is 0.399 e. The van der Waals surface area contributed by atoms with Crippen molar-refractivity contribution in [3.63, 3.8) is 0 Å². The molecule has 3 aromatic rings. The van der Waals surface area contributed by atoms with Gasteiger partial charge in [0.15, 0.2) is 0 Å². The van der Waals surface area contributed by atoms with E-state index in [-0.39, 0.29) is 17.5 Å². The molecular formula is C28H34F3N5O. The Morgan fingerprint density at radius 3 is 2.35 bits per heavy atom. The topological polar surface area (TPSA) is 84.1 Å². The third-order valence-corrected chi connectivity index (χ3v) is 7.31. The van der Waals surface area contributed by atoms with E-state index in [9.17, 15) is 18.0 Å². The predicted octanol–water partition coefficient (Wildman–Crippen LogP) is 6.38. The number of hydrogen-bond acceptors (Lipinski definition) is 5. The molecule has 1 fully saturated rings. The second-order valence-electron chi connectivity index (χ2n) is 10.4. The number of aryl methyl sites for hydroxylation is 2. The number of carbonyl (C=O) groups excluding carboxylic acids is 1. The zero-order valence-electron chi connectivity index (χ0n) is 21.9. The Labute approximate surface area is 215 Å². The quantitative estimate of drug-likeness (QED) is 0.387. The van der Waals surface area contributed by atoms with Crippen LogP contribution in [-0.2, 0) is 11.0 Å². The molecule has 198 valence electrons. The van der Waals surface area contributed by atoms with Crippen molar-refractivity contribution in [2.45, 2.75) is 64.6 Å². The lowest BCUT2D eigenvalue weighted by molar-refractivity contribution is -0.137. The average molecular weight is 514 g/mol. The molecule has 0 radical (unpaired) electrons. The molecule has 0 saturated heterocycles. The molecule has 0 unspecified atom stereocenters. The van der Waals surface area contributed by atoms with E-state index in [2.05, 4.69) is 34.3 Å². The molecule has 1 atom stereocenters. The van der Waals surface area contributed by atoms with E-state index in [4.69, 9.17) is 5.73 Å². The third-order valence-electron chi connectivity index (χ3n) is 7.31. The molecule has 0 aliphatic heterocycles. The molecule has 1 amide bonds. The summed E-state index contributed by atoms with van der Waals surface area (Å²) < 4.78 is 40.0. The van der Waals surface area contributed by atoms with Crippen molar-refractivity contribution in [3.05, 3.63) is 58.4 Å². The fourth-order valence-electron chi connectivity index (χ4n) is 5.36. The second-order valence-corrected chi connectivity index (χ2v) is 10.4. The van der Waals surface area contributed by atoms with Gasteiger partial charge in [0.25, 0.3) is 0 Å². The van der Waals surface area contributed by atoms with Gasteiger partial charge in [0.05, 0.1) is 17.1 Å². The maximum Gasteiger partial charge on any atom is 0.416 e. The Bertz CT molecular complexity index is 1310. The Balaban J connectivity index is 1.65. The van der Waals surface area contributed by atoms with Crippen molar-refractivity contribution in [1.29, 1.82) is 0 Å². The van der Waals surface area contributed by atoms with Gasteiger partial charge in [0.2, 0.25) is 5.91 Å². The van der Waals surface area contributed by atoms with Crippen molar-refractivity contribution in [1.82, 2.24) is 14.9 Å². The van der Waals surface area contributed by atoms with Gasteiger partial charge in [0, 0.05) is 31.1 Å². The van der Waals surface area contributed by atoms with Crippen molar-refractivity contribution >= 4 is 28.3 Å². The van der Waals surface area contributed by atoms with Crippen LogP contribution in [0.4, 0.5) is 24.7 Å². The molecule has 9 heteroatoms. The lowest BCUT2D eigenvalue weighted by atomic mass is 9.77. The second kappa shape index (κ2) is 10.2. The monoisotopic (exact) mass is 513 g/mol. The first-order valence-corrected chi connectivity index (χ1v) is 12.6. The van der Waals surface area contributed by atoms with Crippen LogP contribution >= 0.6 is 0 Å². The number of alkyl halides is 3. The summed E-state index contributed by atoms with van der Waals surface area (Å²) in [6, 6.07) is 7.29. The lowest BCUT2D eigenvalue weighted by Crippen LogP contribution is -2.32. The zero-order valence-corrected chi connectivity index (χ0v) is 21.9. The number of fused-ring (bicyclic) bond motifs is 1. The van der Waals surface area contributed by atoms with Crippen molar-refractivity contribution in [2.24, 2.45) is 5.92 Å². The van der Waals surface area contributed by atoms with E-state index in [0.717, 1.165) is 54.3 Å². The molecule has 37 heavy (non-hydrogen) atoms. The summed E-state index contributed by atoms with van der Waals surface area (Å²) in [6.45, 7) is 5.66. The van der Waals surface area contributed by atoms with E-state index in [1.807, 2.05) is 0 Å². The number of nitrogens with one attached hydrogen (secondary N) is 1. The van der Waals surface area contributed by atoms with Crippen LogP contribution in [0.5, 0.6) is 0 Å². The first kappa shape index (κ1) is 26.7. The molecule has 0 spiro atoms. The minimum atomic E-state index is -4.48. The first-order chi connectivity index (χ1) is 17.3. The summed E-state index contributed by atoms with van der Waals surface area (Å²) in [5.41, 5.74) is 8.62. The number of amides is 1. The highest BCUT2D eigenvalue weighted by molar-refractivity contribution is 5.90. The van der Waals surface area contributed by atoms with Crippen LogP contribution in [0.25, 0.3) is 10.9 Å². The van der Waals surface area contributed by atoms with Gasteiger partial charge in [-0.3, -0.25) is 4.79 Å². The first-order valence-electron chi connectivity index (χ1n) is 12.6. The van der Waals surface area contributed by atoms with E-state index in [1.54, 1.807) is 38.9 Å². The number of anilines is 2. The van der Waals surface area contributed by atoms with Gasteiger partial charge in [-0.25, -0.2) is 9.97 Å². The fourth-order valence-corrected chi connectivity index (χ4v) is 5.36. The van der Waals surface area contributed by atoms with Gasteiger partial charge in [-0.05, 0) is 99.4 Å². The summed E-state index contributed by atoms with van der Waals surface area (Å²) in [5, 5.41) is 4.13. The SMILES string of the molecule is Cc1nc(N[C@H](C)c2cc(N)cc(C(F)(F)F)c2)c2cc(C3CCC(C(=O)N(C)C)CC3)c(C)cc2n1. The number of carbonyl (C=O) groups is 1. The van der Waals surface area contributed by atoms with Crippen LogP contribution in [0, 0.1) is 19.8 Å². The van der Waals surface area contributed by atoms with Crippen LogP contribution in [0.1, 0.15) is 72.6 Å². The fraction of sp³-hybridized carbons (Fsp3) is 0.464. The molecule has 1 aliphatic carbocycles. The van der Waals surface area contributed by atoms with Crippen molar-refractivity contribution < 1.29 is 18.0 Å². The minimum Gasteiger partial charge on any atom is -0.399 e. The standard InChI is InChI=1S/C28H34F3N5O/c1-15-10-25-24(14-23(15)18-6-8-19(9-7-18)27(37)36(4)5)26(35-17(3)34-25)33-16(2)20-11-21(28(29,30)31)13-22(32)12-20/h10-14,16,18-19H,6-9,32H2,1-5H3,(H,33,34,35)/t16-,18?,19?/m1/s1. The van der Waals surface area contributed by atoms with Gasteiger partial charge < -0.3 is 16.0 Å². The summed E-state index contributed by atoms with van der Waals surface area (Å²) >= 11 is 0. The normalized spacial score (nSPS) is 19.0. The molecule has 0 bridgehead atoms. The highest BCUT2D eigenvalue weighted by Gasteiger charge is 2.32. The molecule has 6 nitrogen and oxygen atoms in total. The highest BCUT2D eigenvalue weighted by atomic mass is 19.4. The van der Waals surface area contributed by atoms with Gasteiger partial charge in [-0.15, -0.1) is 0 Å². The lowest BCUT2D eigenvalue weighted by Gasteiger charge is -2.30. The number of nitrogens with zero attached hydrogens (tertiary/aromatic N) is 3. The number of aromatic nitrogens is 2. The number of benzene rings is 2. The number of rotatable bonds is 5. The summed E-state index contributed by atoms with van der Waals surface area (Å²) in [4.78, 5) is 23.3. The van der Waals surface area contributed by atoms with Crippen LogP contribution in [0.2, 0.25) is 0 Å². The van der Waals surface area contributed by atoms with E-state index < -0.39 is 17.8 Å². The predicted molar refractivity (Wildman–Crippen MR) is 140 cm³/mol. The molecule has 4 rings (SSSR count). The van der Waals surface area contributed by atoms with Crippen molar-refractivity contribution in [2.75, 3.05) is 25.1 Å². The Hall–Kier alpha value is -3.36. The molecule has 1 heterocycles. The third kappa shape index (κ3) is 5.81. The summed E-state index contributed by atoms with van der Waals surface area (Å²) in [7, 11) is 3.60. The minimum absolute atomic E-state index is 0.0588. The van der Waals surface area contributed by atoms with Gasteiger partial charge >= 0.3 is 6.18 Å². The van der Waals surface area contributed by atoms with E-state index in [0.29, 0.717) is 23.1 Å². The van der Waals surface area contributed by atoms with Crippen LogP contribution in [0.15, 0.2) is 30.3 Å². The number of nitrogen functional groups attached to an aromatic ring is 1. The van der Waals surface area contributed by atoms with E-state index in [1.165, 1.54) is 5.56 Å². The maximum absolute atomic E-state index is 13.3. The highest BCUT2D eigenvalue weighted by Crippen LogP contribution is 2.40. The average Bonchev–Trinajstić information content (AvgIpc) is 2.82. The largest absolute Gasteiger partial charge is 0.416 e. The number of nitrogens with two attached hydrogens (primary N) is 1. The van der Waals surface area contributed by atoms with Crippen LogP contribution in [0.3, 0.4) is 0 Å². The van der Waals surface area contributed by atoms with Crippen molar-refractivity contribution in [3.8, 4) is 0 Å². The molecular weight excluding hydrogens is 479 g/mol. The zero-order chi connectivity index (χ0) is 27.1. The maximum atomic E-state index is 13.3. The molecule has 1 aromatic heterocycles. The number of hydrogen-bond donors (Lipinski definition) is 2. The molecule has 1 aliphatic rings. The molecule has 1 saturated carbocycles. The summed E-state index contributed by atoms with van der Waals surface area (Å²) in [6.07, 6.45) is -0.937. The Kier molecular flexibility index (Phi) is 7.35. The van der Waals surface area contributed by atoms with Crippen LogP contribution < -0.4 is 11.1 Å². The molecule has 2 aromatic carbocycles. The van der Waals surface area contributed by atoms with E-state index >= 15 is 0 Å². The number of halogens is 3. The van der Waals surface area contributed by atoms with Gasteiger partial charge in [-0.2, -0.15) is 13.2 Å². The Morgan fingerprint density at radius 1 is 1.05 bits per heavy atom.